The van der Waals surface area contributed by atoms with Crippen LogP contribution in [0.4, 0.5) is 0 Å². The Hall–Kier alpha value is -1.48. The van der Waals surface area contributed by atoms with Crippen molar-refractivity contribution in [2.75, 3.05) is 26.2 Å². The van der Waals surface area contributed by atoms with Crippen molar-refractivity contribution in [2.24, 2.45) is 0 Å². The fourth-order valence-electron chi connectivity index (χ4n) is 2.43. The van der Waals surface area contributed by atoms with Crippen molar-refractivity contribution in [3.63, 3.8) is 0 Å². The summed E-state index contributed by atoms with van der Waals surface area (Å²) in [7, 11) is -3.80. The van der Waals surface area contributed by atoms with Gasteiger partial charge in [-0.25, -0.2) is 13.2 Å². The molecule has 0 atom stereocenters. The van der Waals surface area contributed by atoms with E-state index in [2.05, 4.69) is 5.32 Å². The molecule has 1 aromatic heterocycles. The number of piperazine rings is 1. The van der Waals surface area contributed by atoms with Gasteiger partial charge in [0, 0.05) is 36.3 Å². The van der Waals surface area contributed by atoms with Crippen LogP contribution in [-0.4, -0.2) is 50.0 Å². The molecule has 2 aromatic rings. The van der Waals surface area contributed by atoms with Crippen molar-refractivity contribution in [2.45, 2.75) is 4.90 Å². The minimum absolute atomic E-state index is 0.0718. The molecule has 1 saturated heterocycles. The zero-order chi connectivity index (χ0) is 15.0. The summed E-state index contributed by atoms with van der Waals surface area (Å²) in [4.78, 5) is 11.2. The van der Waals surface area contributed by atoms with E-state index in [-0.39, 0.29) is 9.77 Å². The molecule has 0 bridgehead atoms. The van der Waals surface area contributed by atoms with Gasteiger partial charge < -0.3 is 10.4 Å². The third-order valence-corrected chi connectivity index (χ3v) is 6.69. The highest BCUT2D eigenvalue weighted by Gasteiger charge is 2.33. The molecule has 1 aliphatic heterocycles. The maximum Gasteiger partial charge on any atom is 0.347 e. The SMILES string of the molecule is O=C(O)c1sc2ccccc2c1S(=O)(=O)N1CCNCC1. The van der Waals surface area contributed by atoms with Gasteiger partial charge in [-0.3, -0.25) is 0 Å². The van der Waals surface area contributed by atoms with Gasteiger partial charge in [0.05, 0.1) is 0 Å². The maximum atomic E-state index is 12.8. The molecule has 0 radical (unpaired) electrons. The number of nitrogens with zero attached hydrogens (tertiary/aromatic N) is 1. The number of sulfonamides is 1. The monoisotopic (exact) mass is 326 g/mol. The quantitative estimate of drug-likeness (QED) is 0.885. The zero-order valence-corrected chi connectivity index (χ0v) is 12.7. The van der Waals surface area contributed by atoms with Crippen LogP contribution in [0.15, 0.2) is 29.2 Å². The number of rotatable bonds is 3. The van der Waals surface area contributed by atoms with Crippen LogP contribution in [-0.2, 0) is 10.0 Å². The lowest BCUT2D eigenvalue weighted by Gasteiger charge is -2.26. The van der Waals surface area contributed by atoms with E-state index in [0.717, 1.165) is 11.3 Å². The van der Waals surface area contributed by atoms with E-state index in [0.29, 0.717) is 36.3 Å². The number of nitrogens with one attached hydrogen (secondary N) is 1. The van der Waals surface area contributed by atoms with Crippen LogP contribution < -0.4 is 5.32 Å². The fourth-order valence-corrected chi connectivity index (χ4v) is 5.57. The Morgan fingerprint density at radius 3 is 2.57 bits per heavy atom. The number of fused-ring (bicyclic) bond motifs is 1. The largest absolute Gasteiger partial charge is 0.477 e. The summed E-state index contributed by atoms with van der Waals surface area (Å²) in [5.41, 5.74) is 0. The second kappa shape index (κ2) is 5.38. The highest BCUT2D eigenvalue weighted by Crippen LogP contribution is 2.36. The van der Waals surface area contributed by atoms with Crippen LogP contribution in [0.3, 0.4) is 0 Å². The van der Waals surface area contributed by atoms with E-state index in [1.54, 1.807) is 24.3 Å². The normalized spacial score (nSPS) is 17.1. The van der Waals surface area contributed by atoms with E-state index < -0.39 is 16.0 Å². The summed E-state index contributed by atoms with van der Waals surface area (Å²) in [5.74, 6) is -1.20. The number of carboxylic acid groups (broad SMARTS) is 1. The predicted molar refractivity (Wildman–Crippen MR) is 80.4 cm³/mol. The van der Waals surface area contributed by atoms with Gasteiger partial charge in [-0.05, 0) is 6.07 Å². The molecule has 2 N–H and O–H groups in total. The molecule has 0 unspecified atom stereocenters. The first kappa shape index (κ1) is 14.5. The first-order valence-corrected chi connectivity index (χ1v) is 8.73. The molecule has 0 spiro atoms. The van der Waals surface area contributed by atoms with Gasteiger partial charge in [-0.15, -0.1) is 11.3 Å². The molecular weight excluding hydrogens is 312 g/mol. The number of aromatic carboxylic acids is 1. The highest BCUT2D eigenvalue weighted by atomic mass is 32.2. The number of hydrogen-bond acceptors (Lipinski definition) is 5. The van der Waals surface area contributed by atoms with E-state index in [9.17, 15) is 18.3 Å². The predicted octanol–water partition coefficient (Wildman–Crippen LogP) is 1.19. The average molecular weight is 326 g/mol. The summed E-state index contributed by atoms with van der Waals surface area (Å²) in [6.07, 6.45) is 0. The Balaban J connectivity index is 2.22. The third-order valence-electron chi connectivity index (χ3n) is 3.42. The van der Waals surface area contributed by atoms with Crippen LogP contribution in [0.5, 0.6) is 0 Å². The molecule has 112 valence electrons. The van der Waals surface area contributed by atoms with Crippen LogP contribution >= 0.6 is 11.3 Å². The number of carboxylic acids is 1. The lowest BCUT2D eigenvalue weighted by atomic mass is 10.2. The molecule has 0 saturated carbocycles. The summed E-state index contributed by atoms with van der Waals surface area (Å²) < 4.78 is 27.7. The minimum Gasteiger partial charge on any atom is -0.477 e. The van der Waals surface area contributed by atoms with E-state index in [1.807, 2.05) is 0 Å². The van der Waals surface area contributed by atoms with E-state index >= 15 is 0 Å². The maximum absolute atomic E-state index is 12.8. The molecule has 1 aromatic carbocycles. The van der Waals surface area contributed by atoms with Crippen molar-refractivity contribution in [1.82, 2.24) is 9.62 Å². The van der Waals surface area contributed by atoms with Gasteiger partial charge in [0.15, 0.2) is 0 Å². The standard InChI is InChI=1S/C13H14N2O4S2/c16-13(17)11-12(9-3-1-2-4-10(9)20-11)21(18,19)15-7-5-14-6-8-15/h1-4,14H,5-8H2,(H,16,17). The van der Waals surface area contributed by atoms with Crippen LogP contribution in [0.2, 0.25) is 0 Å². The topological polar surface area (TPSA) is 86.7 Å². The molecule has 1 fully saturated rings. The second-order valence-corrected chi connectivity index (χ2v) is 7.64. The summed E-state index contributed by atoms with van der Waals surface area (Å²) in [6.45, 7) is 1.85. The van der Waals surface area contributed by atoms with E-state index in [4.69, 9.17) is 0 Å². The van der Waals surface area contributed by atoms with Crippen molar-refractivity contribution in [3.8, 4) is 0 Å². The Labute approximate surface area is 126 Å². The lowest BCUT2D eigenvalue weighted by molar-refractivity contribution is 0.0698. The number of thiophene rings is 1. The van der Waals surface area contributed by atoms with E-state index in [1.165, 1.54) is 4.31 Å². The Morgan fingerprint density at radius 2 is 1.90 bits per heavy atom. The number of hydrogen-bond donors (Lipinski definition) is 2. The molecule has 2 heterocycles. The Kier molecular flexibility index (Phi) is 3.70. The number of carbonyl (C=O) groups is 1. The highest BCUT2D eigenvalue weighted by molar-refractivity contribution is 7.89. The van der Waals surface area contributed by atoms with Gasteiger partial charge in [0.2, 0.25) is 10.0 Å². The fraction of sp³-hybridized carbons (Fsp3) is 0.308. The van der Waals surface area contributed by atoms with Crippen LogP contribution in [0, 0.1) is 0 Å². The smallest absolute Gasteiger partial charge is 0.347 e. The van der Waals surface area contributed by atoms with Crippen LogP contribution in [0.25, 0.3) is 10.1 Å². The van der Waals surface area contributed by atoms with Gasteiger partial charge in [-0.2, -0.15) is 4.31 Å². The molecule has 0 amide bonds. The summed E-state index contributed by atoms with van der Waals surface area (Å²) >= 11 is 1.00. The van der Waals surface area contributed by atoms with Gasteiger partial charge >= 0.3 is 5.97 Å². The summed E-state index contributed by atoms with van der Waals surface area (Å²) in [5, 5.41) is 12.9. The molecular formula is C13H14N2O4S2. The van der Waals surface area contributed by atoms with Crippen molar-refractivity contribution >= 4 is 37.4 Å². The first-order valence-electron chi connectivity index (χ1n) is 6.47. The molecule has 3 rings (SSSR count). The van der Waals surface area contributed by atoms with Crippen molar-refractivity contribution in [3.05, 3.63) is 29.1 Å². The molecule has 0 aliphatic carbocycles. The van der Waals surface area contributed by atoms with Gasteiger partial charge in [0.25, 0.3) is 0 Å². The van der Waals surface area contributed by atoms with Crippen molar-refractivity contribution in [1.29, 1.82) is 0 Å². The molecule has 6 nitrogen and oxygen atoms in total. The third kappa shape index (κ3) is 2.44. The first-order chi connectivity index (χ1) is 10.0. The van der Waals surface area contributed by atoms with Gasteiger partial charge in [-0.1, -0.05) is 18.2 Å². The lowest BCUT2D eigenvalue weighted by Crippen LogP contribution is -2.46. The molecule has 21 heavy (non-hydrogen) atoms. The summed E-state index contributed by atoms with van der Waals surface area (Å²) in [6, 6.07) is 6.89. The molecule has 8 heteroatoms. The second-order valence-electron chi connectivity index (χ2n) is 4.72. The Morgan fingerprint density at radius 1 is 1.24 bits per heavy atom. The minimum atomic E-state index is -3.80. The van der Waals surface area contributed by atoms with Gasteiger partial charge in [0.1, 0.15) is 9.77 Å². The number of benzene rings is 1. The average Bonchev–Trinajstić information content (AvgIpc) is 2.88. The van der Waals surface area contributed by atoms with Crippen LogP contribution in [0.1, 0.15) is 9.67 Å². The molecule has 1 aliphatic rings. The Bertz CT molecular complexity index is 792. The van der Waals surface area contributed by atoms with Crippen molar-refractivity contribution < 1.29 is 18.3 Å². The zero-order valence-electron chi connectivity index (χ0n) is 11.1.